The smallest absolute Gasteiger partial charge is 0.266 e. The number of ether oxygens (including phenoxy) is 1. The summed E-state index contributed by atoms with van der Waals surface area (Å²) in [5.74, 6) is 0.686. The van der Waals surface area contributed by atoms with Crippen molar-refractivity contribution in [1.29, 1.82) is 0 Å². The van der Waals surface area contributed by atoms with Crippen LogP contribution < -0.4 is 4.74 Å². The van der Waals surface area contributed by atoms with Crippen molar-refractivity contribution in [2.24, 2.45) is 0 Å². The van der Waals surface area contributed by atoms with Gasteiger partial charge in [-0.3, -0.25) is 9.69 Å². The Hall–Kier alpha value is -0.130. The lowest BCUT2D eigenvalue weighted by Gasteiger charge is -2.11. The topological polar surface area (TPSA) is 29.5 Å². The van der Waals surface area contributed by atoms with Crippen LogP contribution in [0.1, 0.15) is 5.56 Å². The summed E-state index contributed by atoms with van der Waals surface area (Å²) in [5, 5.41) is 0. The molecule has 0 aromatic heterocycles. The SMILES string of the molecule is C=CCN1C(=O)/C(=C\c2cc(I)cc(I)c2OC)SC1=S. The Labute approximate surface area is 160 Å². The van der Waals surface area contributed by atoms with Crippen molar-refractivity contribution >= 4 is 85.5 Å². The zero-order valence-electron chi connectivity index (χ0n) is 11.1. The van der Waals surface area contributed by atoms with Crippen LogP contribution in [0.3, 0.4) is 0 Å². The number of rotatable bonds is 4. The van der Waals surface area contributed by atoms with Crippen LogP contribution in [0.4, 0.5) is 0 Å². The Bertz CT molecular complexity index is 659. The van der Waals surface area contributed by atoms with E-state index in [1.54, 1.807) is 18.1 Å². The number of thioether (sulfide) groups is 1. The molecule has 0 unspecified atom stereocenters. The van der Waals surface area contributed by atoms with Crippen LogP contribution in [-0.2, 0) is 4.79 Å². The van der Waals surface area contributed by atoms with Crippen LogP contribution in [0, 0.1) is 7.14 Å². The fourth-order valence-corrected chi connectivity index (χ4v) is 5.21. The van der Waals surface area contributed by atoms with Crippen molar-refractivity contribution < 1.29 is 9.53 Å². The summed E-state index contributed by atoms with van der Waals surface area (Å²) < 4.78 is 8.10. The van der Waals surface area contributed by atoms with E-state index in [9.17, 15) is 4.79 Å². The molecule has 0 atom stereocenters. The van der Waals surface area contributed by atoms with Crippen LogP contribution in [0.15, 0.2) is 29.7 Å². The highest BCUT2D eigenvalue weighted by molar-refractivity contribution is 14.1. The van der Waals surface area contributed by atoms with Gasteiger partial charge in [0.05, 0.1) is 15.6 Å². The molecule has 21 heavy (non-hydrogen) atoms. The second-order valence-electron chi connectivity index (χ2n) is 4.09. The van der Waals surface area contributed by atoms with Gasteiger partial charge in [0.15, 0.2) is 0 Å². The molecule has 7 heteroatoms. The standard InChI is InChI=1S/C14H11I2NO2S2/c1-3-4-17-13(18)11(21-14(17)20)6-8-5-9(15)7-10(16)12(8)19-2/h3,5-7H,1,4H2,2H3/b11-6+. The van der Waals surface area contributed by atoms with E-state index in [1.165, 1.54) is 11.8 Å². The molecule has 3 nitrogen and oxygen atoms in total. The van der Waals surface area contributed by atoms with Crippen LogP contribution in [0.2, 0.25) is 0 Å². The number of nitrogens with zero attached hydrogens (tertiary/aromatic N) is 1. The number of carbonyl (C=O) groups excluding carboxylic acids is 1. The minimum Gasteiger partial charge on any atom is -0.495 e. The Morgan fingerprint density at radius 2 is 2.19 bits per heavy atom. The molecule has 1 aliphatic heterocycles. The van der Waals surface area contributed by atoms with Gasteiger partial charge in [0, 0.05) is 15.7 Å². The fraction of sp³-hybridized carbons (Fsp3) is 0.143. The van der Waals surface area contributed by atoms with Crippen LogP contribution >= 0.6 is 69.2 Å². The van der Waals surface area contributed by atoms with Gasteiger partial charge in [-0.1, -0.05) is 30.1 Å². The molecule has 1 fully saturated rings. The zero-order valence-corrected chi connectivity index (χ0v) is 17.0. The second-order valence-corrected chi connectivity index (χ2v) is 8.17. The number of hydrogen-bond acceptors (Lipinski definition) is 4. The molecule has 1 aromatic carbocycles. The monoisotopic (exact) mass is 543 g/mol. The van der Waals surface area contributed by atoms with Gasteiger partial charge in [0.2, 0.25) is 0 Å². The number of thiocarbonyl (C=S) groups is 1. The second kappa shape index (κ2) is 7.42. The van der Waals surface area contributed by atoms with E-state index in [0.29, 0.717) is 15.8 Å². The maximum absolute atomic E-state index is 12.3. The number of halogens is 2. The number of methoxy groups -OCH3 is 1. The number of amides is 1. The third-order valence-corrected chi connectivity index (χ3v) is 5.51. The lowest BCUT2D eigenvalue weighted by Crippen LogP contribution is -2.27. The molecule has 0 radical (unpaired) electrons. The summed E-state index contributed by atoms with van der Waals surface area (Å²) in [4.78, 5) is 14.5. The quantitative estimate of drug-likeness (QED) is 0.246. The van der Waals surface area contributed by atoms with Crippen LogP contribution in [-0.4, -0.2) is 28.8 Å². The maximum Gasteiger partial charge on any atom is 0.266 e. The van der Waals surface area contributed by atoms with E-state index in [-0.39, 0.29) is 5.91 Å². The third-order valence-electron chi connectivity index (χ3n) is 2.71. The Kier molecular flexibility index (Phi) is 6.09. The molecule has 1 aliphatic rings. The molecule has 0 bridgehead atoms. The summed E-state index contributed by atoms with van der Waals surface area (Å²) in [5.41, 5.74) is 0.882. The van der Waals surface area contributed by atoms with Gasteiger partial charge >= 0.3 is 0 Å². The van der Waals surface area contributed by atoms with Crippen LogP contribution in [0.25, 0.3) is 6.08 Å². The average molecular weight is 543 g/mol. The van der Waals surface area contributed by atoms with E-state index in [1.807, 2.05) is 18.2 Å². The summed E-state index contributed by atoms with van der Waals surface area (Å²) in [6.07, 6.45) is 3.51. The number of benzene rings is 1. The van der Waals surface area contributed by atoms with Gasteiger partial charge in [0.1, 0.15) is 10.1 Å². The normalized spacial score (nSPS) is 16.7. The summed E-state index contributed by atoms with van der Waals surface area (Å²) >= 11 is 11.0. The van der Waals surface area contributed by atoms with Gasteiger partial charge in [0.25, 0.3) is 5.91 Å². The molecule has 1 amide bonds. The Balaban J connectivity index is 2.43. The van der Waals surface area contributed by atoms with Crippen LogP contribution in [0.5, 0.6) is 5.75 Å². The summed E-state index contributed by atoms with van der Waals surface area (Å²) in [7, 11) is 1.63. The predicted molar refractivity (Wildman–Crippen MR) is 109 cm³/mol. The van der Waals surface area contributed by atoms with Crippen molar-refractivity contribution in [1.82, 2.24) is 4.90 Å². The van der Waals surface area contributed by atoms with Gasteiger partial charge in [-0.15, -0.1) is 6.58 Å². The molecule has 1 aromatic rings. The highest BCUT2D eigenvalue weighted by Gasteiger charge is 2.31. The molecular formula is C14H11I2NO2S2. The fourth-order valence-electron chi connectivity index (χ4n) is 1.83. The molecule has 110 valence electrons. The lowest BCUT2D eigenvalue weighted by atomic mass is 10.2. The largest absolute Gasteiger partial charge is 0.495 e. The summed E-state index contributed by atoms with van der Waals surface area (Å²) in [6.45, 7) is 4.08. The third kappa shape index (κ3) is 3.80. The zero-order chi connectivity index (χ0) is 15.6. The molecule has 0 aliphatic carbocycles. The van der Waals surface area contributed by atoms with Crippen molar-refractivity contribution in [2.45, 2.75) is 0 Å². The molecule has 0 N–H and O–H groups in total. The van der Waals surface area contributed by atoms with E-state index >= 15 is 0 Å². The maximum atomic E-state index is 12.3. The molecule has 1 heterocycles. The molecular weight excluding hydrogens is 532 g/mol. The molecule has 1 saturated heterocycles. The van der Waals surface area contributed by atoms with Crippen molar-refractivity contribution in [3.63, 3.8) is 0 Å². The highest BCUT2D eigenvalue weighted by Crippen LogP contribution is 2.36. The molecule has 0 saturated carbocycles. The first-order chi connectivity index (χ1) is 9.97. The van der Waals surface area contributed by atoms with E-state index < -0.39 is 0 Å². The Morgan fingerprint density at radius 3 is 2.81 bits per heavy atom. The summed E-state index contributed by atoms with van der Waals surface area (Å²) in [6, 6.07) is 4.02. The van der Waals surface area contributed by atoms with E-state index in [0.717, 1.165) is 18.5 Å². The minimum atomic E-state index is -0.0826. The molecule has 2 rings (SSSR count). The molecule has 0 spiro atoms. The first-order valence-electron chi connectivity index (χ1n) is 5.87. The highest BCUT2D eigenvalue weighted by atomic mass is 127. The average Bonchev–Trinajstić information content (AvgIpc) is 2.66. The first-order valence-corrected chi connectivity index (χ1v) is 9.25. The van der Waals surface area contributed by atoms with Gasteiger partial charge < -0.3 is 4.74 Å². The van der Waals surface area contributed by atoms with E-state index in [2.05, 4.69) is 51.8 Å². The van der Waals surface area contributed by atoms with Gasteiger partial charge in [-0.05, 0) is 63.4 Å². The predicted octanol–water partition coefficient (Wildman–Crippen LogP) is 4.29. The first kappa shape index (κ1) is 17.2. The Morgan fingerprint density at radius 1 is 1.48 bits per heavy atom. The number of hydrogen-bond donors (Lipinski definition) is 0. The van der Waals surface area contributed by atoms with Gasteiger partial charge in [-0.2, -0.15) is 0 Å². The minimum absolute atomic E-state index is 0.0826. The van der Waals surface area contributed by atoms with Gasteiger partial charge in [-0.25, -0.2) is 0 Å². The van der Waals surface area contributed by atoms with Crippen molar-refractivity contribution in [2.75, 3.05) is 13.7 Å². The number of carbonyl (C=O) groups is 1. The van der Waals surface area contributed by atoms with Crippen molar-refractivity contribution in [3.05, 3.63) is 42.4 Å². The van der Waals surface area contributed by atoms with Crippen molar-refractivity contribution in [3.8, 4) is 5.75 Å². The van der Waals surface area contributed by atoms with E-state index in [4.69, 9.17) is 17.0 Å². The lowest BCUT2D eigenvalue weighted by molar-refractivity contribution is -0.121.